The van der Waals surface area contributed by atoms with Crippen LogP contribution in [-0.2, 0) is 9.59 Å². The van der Waals surface area contributed by atoms with Crippen LogP contribution >= 0.6 is 0 Å². The first-order chi connectivity index (χ1) is 14.5. The van der Waals surface area contributed by atoms with Crippen molar-refractivity contribution in [3.63, 3.8) is 0 Å². The van der Waals surface area contributed by atoms with Gasteiger partial charge in [-0.1, -0.05) is 0 Å². The van der Waals surface area contributed by atoms with Gasteiger partial charge in [-0.05, 0) is 50.5 Å². The van der Waals surface area contributed by atoms with E-state index in [0.29, 0.717) is 12.6 Å². The van der Waals surface area contributed by atoms with Crippen LogP contribution in [0.5, 0.6) is 5.75 Å². The lowest BCUT2D eigenvalue weighted by Gasteiger charge is -2.35. The highest BCUT2D eigenvalue weighted by Crippen LogP contribution is 2.24. The Hall–Kier alpha value is -2.28. The first-order valence-electron chi connectivity index (χ1n) is 11.3. The molecule has 0 saturated carbocycles. The van der Waals surface area contributed by atoms with Gasteiger partial charge in [-0.2, -0.15) is 0 Å². The molecule has 0 unspecified atom stereocenters. The molecule has 0 aliphatic carbocycles. The van der Waals surface area contributed by atoms with Gasteiger partial charge in [-0.25, -0.2) is 0 Å². The minimum absolute atomic E-state index is 0.138. The number of likely N-dealkylation sites (tertiary alicyclic amines) is 2. The molecule has 3 saturated heterocycles. The second-order valence-corrected chi connectivity index (χ2v) is 8.83. The van der Waals surface area contributed by atoms with Crippen molar-refractivity contribution in [2.45, 2.75) is 45.3 Å². The van der Waals surface area contributed by atoms with Gasteiger partial charge < -0.3 is 19.4 Å². The average molecular weight is 415 g/mol. The van der Waals surface area contributed by atoms with Gasteiger partial charge in [0.05, 0.1) is 6.54 Å². The zero-order chi connectivity index (χ0) is 21.1. The lowest BCUT2D eigenvalue weighted by Crippen LogP contribution is -2.48. The van der Waals surface area contributed by atoms with Gasteiger partial charge in [0.2, 0.25) is 11.8 Å². The number of piperazine rings is 1. The van der Waals surface area contributed by atoms with Crippen LogP contribution in [0, 0.1) is 0 Å². The predicted molar refractivity (Wildman–Crippen MR) is 117 cm³/mol. The van der Waals surface area contributed by atoms with Gasteiger partial charge in [-0.15, -0.1) is 0 Å². The van der Waals surface area contributed by atoms with Gasteiger partial charge in [0.1, 0.15) is 11.9 Å². The van der Waals surface area contributed by atoms with E-state index in [1.165, 1.54) is 5.69 Å². The monoisotopic (exact) mass is 414 g/mol. The summed E-state index contributed by atoms with van der Waals surface area (Å²) in [6.07, 6.45) is 3.34. The highest BCUT2D eigenvalue weighted by molar-refractivity contribution is 5.79. The van der Waals surface area contributed by atoms with E-state index in [4.69, 9.17) is 4.74 Å². The van der Waals surface area contributed by atoms with Gasteiger partial charge in [-0.3, -0.25) is 14.5 Å². The summed E-state index contributed by atoms with van der Waals surface area (Å²) >= 11 is 0. The summed E-state index contributed by atoms with van der Waals surface area (Å²) in [6.45, 7) is 10.2. The van der Waals surface area contributed by atoms with Crippen LogP contribution in [0.2, 0.25) is 0 Å². The van der Waals surface area contributed by atoms with Crippen LogP contribution in [0.25, 0.3) is 0 Å². The molecule has 7 heteroatoms. The van der Waals surface area contributed by atoms with Crippen molar-refractivity contribution in [3.8, 4) is 5.75 Å². The van der Waals surface area contributed by atoms with Gasteiger partial charge in [0.25, 0.3) is 0 Å². The van der Waals surface area contributed by atoms with E-state index >= 15 is 0 Å². The summed E-state index contributed by atoms with van der Waals surface area (Å²) in [5.74, 6) is 1.29. The number of nitrogens with zero attached hydrogens (tertiary/aromatic N) is 4. The molecule has 3 aliphatic heterocycles. The Morgan fingerprint density at radius 2 is 1.73 bits per heavy atom. The summed E-state index contributed by atoms with van der Waals surface area (Å²) in [5, 5.41) is 0. The van der Waals surface area contributed by atoms with Crippen LogP contribution in [0.4, 0.5) is 5.69 Å². The predicted octanol–water partition coefficient (Wildman–Crippen LogP) is 1.82. The first kappa shape index (κ1) is 21.0. The van der Waals surface area contributed by atoms with Crippen molar-refractivity contribution >= 4 is 17.5 Å². The Balaban J connectivity index is 1.23. The number of hydrogen-bond acceptors (Lipinski definition) is 5. The van der Waals surface area contributed by atoms with Crippen LogP contribution in [0.1, 0.15) is 33.1 Å². The van der Waals surface area contributed by atoms with Crippen molar-refractivity contribution < 1.29 is 14.3 Å². The summed E-state index contributed by atoms with van der Waals surface area (Å²) in [5.41, 5.74) is 1.17. The van der Waals surface area contributed by atoms with E-state index < -0.39 is 0 Å². The van der Waals surface area contributed by atoms with Crippen LogP contribution in [0.3, 0.4) is 0 Å². The Morgan fingerprint density at radius 3 is 2.37 bits per heavy atom. The molecule has 1 aromatic carbocycles. The molecule has 2 amide bonds. The van der Waals surface area contributed by atoms with E-state index in [9.17, 15) is 9.59 Å². The zero-order valence-electron chi connectivity index (χ0n) is 18.3. The molecular weight excluding hydrogens is 380 g/mol. The third kappa shape index (κ3) is 4.89. The van der Waals surface area contributed by atoms with E-state index in [1.807, 2.05) is 21.9 Å². The molecule has 4 rings (SSSR count). The Kier molecular flexibility index (Phi) is 6.46. The minimum Gasteiger partial charge on any atom is -0.489 e. The topological polar surface area (TPSA) is 56.3 Å². The Morgan fingerprint density at radius 1 is 1.00 bits per heavy atom. The zero-order valence-corrected chi connectivity index (χ0v) is 18.3. The summed E-state index contributed by atoms with van der Waals surface area (Å²) < 4.78 is 6.19. The molecular formula is C23H34N4O3. The molecule has 0 radical (unpaired) electrons. The smallest absolute Gasteiger partial charge is 0.236 e. The van der Waals surface area contributed by atoms with Crippen LogP contribution in [0.15, 0.2) is 24.3 Å². The maximum atomic E-state index is 12.5. The van der Waals surface area contributed by atoms with Crippen molar-refractivity contribution in [1.82, 2.24) is 14.7 Å². The molecule has 0 aromatic heterocycles. The SMILES string of the molecule is CC(=O)N1CCN(c2ccc(O[C@H]3CCN(CC(=O)N4CCC[C@H]4C)C3)cc2)CC1. The van der Waals surface area contributed by atoms with Crippen molar-refractivity contribution in [2.75, 3.05) is 57.3 Å². The second-order valence-electron chi connectivity index (χ2n) is 8.83. The third-order valence-corrected chi connectivity index (χ3v) is 6.69. The quantitative estimate of drug-likeness (QED) is 0.736. The minimum atomic E-state index is 0.138. The number of ether oxygens (including phenoxy) is 1. The molecule has 1 aromatic rings. The van der Waals surface area contributed by atoms with Crippen molar-refractivity contribution in [2.24, 2.45) is 0 Å². The maximum absolute atomic E-state index is 12.5. The Bertz CT molecular complexity index is 745. The molecule has 0 bridgehead atoms. The number of hydrogen-bond donors (Lipinski definition) is 0. The van der Waals surface area contributed by atoms with E-state index in [2.05, 4.69) is 28.9 Å². The Labute approximate surface area is 179 Å². The summed E-state index contributed by atoms with van der Waals surface area (Å²) in [6, 6.07) is 8.66. The largest absolute Gasteiger partial charge is 0.489 e. The number of amides is 2. The molecule has 2 atom stereocenters. The van der Waals surface area contributed by atoms with Gasteiger partial charge in [0.15, 0.2) is 0 Å². The van der Waals surface area contributed by atoms with Crippen molar-refractivity contribution in [1.29, 1.82) is 0 Å². The highest BCUT2D eigenvalue weighted by Gasteiger charge is 2.30. The fourth-order valence-corrected chi connectivity index (χ4v) is 4.83. The lowest BCUT2D eigenvalue weighted by molar-refractivity contribution is -0.132. The summed E-state index contributed by atoms with van der Waals surface area (Å²) in [4.78, 5) is 32.5. The number of carbonyl (C=O) groups is 2. The standard InChI is InChI=1S/C23H34N4O3/c1-18-4-3-10-27(18)23(29)17-24-11-9-22(16-24)30-21-7-5-20(6-8-21)26-14-12-25(13-15-26)19(2)28/h5-8,18,22H,3-4,9-17H2,1-2H3/t18-,22+/m1/s1. The van der Waals surface area contributed by atoms with Gasteiger partial charge >= 0.3 is 0 Å². The fourth-order valence-electron chi connectivity index (χ4n) is 4.83. The maximum Gasteiger partial charge on any atom is 0.236 e. The molecule has 164 valence electrons. The lowest BCUT2D eigenvalue weighted by atomic mass is 10.2. The second kappa shape index (κ2) is 9.25. The molecule has 0 N–H and O–H groups in total. The fraction of sp³-hybridized carbons (Fsp3) is 0.652. The van der Waals surface area contributed by atoms with E-state index in [1.54, 1.807) is 6.92 Å². The molecule has 0 spiro atoms. The summed E-state index contributed by atoms with van der Waals surface area (Å²) in [7, 11) is 0. The molecule has 3 heterocycles. The first-order valence-corrected chi connectivity index (χ1v) is 11.3. The molecule has 3 aliphatic rings. The number of benzene rings is 1. The normalized spacial score (nSPS) is 25.1. The third-order valence-electron chi connectivity index (χ3n) is 6.69. The van der Waals surface area contributed by atoms with E-state index in [-0.39, 0.29) is 17.9 Å². The number of rotatable bonds is 5. The van der Waals surface area contributed by atoms with Gasteiger partial charge in [0, 0.05) is 64.5 Å². The average Bonchev–Trinajstić information content (AvgIpc) is 3.37. The highest BCUT2D eigenvalue weighted by atomic mass is 16.5. The molecule has 7 nitrogen and oxygen atoms in total. The number of carbonyl (C=O) groups excluding carboxylic acids is 2. The molecule has 3 fully saturated rings. The van der Waals surface area contributed by atoms with Crippen molar-refractivity contribution in [3.05, 3.63) is 24.3 Å². The number of anilines is 1. The van der Waals surface area contributed by atoms with Crippen LogP contribution < -0.4 is 9.64 Å². The van der Waals surface area contributed by atoms with Crippen LogP contribution in [-0.4, -0.2) is 91.0 Å². The molecule has 30 heavy (non-hydrogen) atoms. The van der Waals surface area contributed by atoms with E-state index in [0.717, 1.165) is 70.8 Å².